The normalized spacial score (nSPS) is 15.4. The first kappa shape index (κ1) is 31.4. The summed E-state index contributed by atoms with van der Waals surface area (Å²) in [6.07, 6.45) is 4.21. The van der Waals surface area contributed by atoms with Crippen molar-refractivity contribution < 1.29 is 27.5 Å². The first-order valence-electron chi connectivity index (χ1n) is 15.3. The fraction of sp³-hybridized carbons (Fsp3) is 0.412. The maximum absolute atomic E-state index is 14.4. The van der Waals surface area contributed by atoms with E-state index >= 15 is 0 Å². The number of hydrogen-bond donors (Lipinski definition) is 1. The molecular weight excluding hydrogens is 578 g/mol. The van der Waals surface area contributed by atoms with E-state index in [-0.39, 0.29) is 24.2 Å². The van der Waals surface area contributed by atoms with E-state index in [9.17, 15) is 18.0 Å². The van der Waals surface area contributed by atoms with E-state index < -0.39 is 28.5 Å². The number of hydrogen-bond acceptors (Lipinski definition) is 6. The Hall–Kier alpha value is -4.05. The average molecular weight is 620 g/mol. The minimum absolute atomic E-state index is 0.0615. The van der Waals surface area contributed by atoms with Crippen molar-refractivity contribution in [1.82, 2.24) is 10.2 Å². The number of carbonyl (C=O) groups excluding carboxylic acids is 2. The Morgan fingerprint density at radius 3 is 2.32 bits per heavy atom. The minimum atomic E-state index is -3.88. The smallest absolute Gasteiger partial charge is 0.244 e. The summed E-state index contributed by atoms with van der Waals surface area (Å²) in [7, 11) is -3.88. The molecule has 3 aromatic carbocycles. The molecule has 1 heterocycles. The molecule has 234 valence electrons. The third kappa shape index (κ3) is 7.72. The van der Waals surface area contributed by atoms with Crippen LogP contribution in [0.25, 0.3) is 0 Å². The number of fused-ring (bicyclic) bond motifs is 1. The van der Waals surface area contributed by atoms with Crippen LogP contribution in [0.3, 0.4) is 0 Å². The molecule has 2 aliphatic rings. The van der Waals surface area contributed by atoms with E-state index in [1.807, 2.05) is 61.5 Å². The number of aryl methyl sites for hydroxylation is 1. The van der Waals surface area contributed by atoms with Crippen LogP contribution in [-0.4, -0.2) is 62.7 Å². The zero-order valence-corrected chi connectivity index (χ0v) is 26.2. The molecule has 0 bridgehead atoms. The Morgan fingerprint density at radius 1 is 0.909 bits per heavy atom. The molecule has 1 saturated carbocycles. The van der Waals surface area contributed by atoms with Gasteiger partial charge < -0.3 is 19.7 Å². The molecule has 3 aromatic rings. The summed E-state index contributed by atoms with van der Waals surface area (Å²) < 4.78 is 39.4. The van der Waals surface area contributed by atoms with Gasteiger partial charge in [0.15, 0.2) is 11.5 Å². The van der Waals surface area contributed by atoms with Crippen LogP contribution in [-0.2, 0) is 32.6 Å². The van der Waals surface area contributed by atoms with Gasteiger partial charge >= 0.3 is 0 Å². The molecule has 1 fully saturated rings. The van der Waals surface area contributed by atoms with Crippen molar-refractivity contribution in [1.29, 1.82) is 0 Å². The van der Waals surface area contributed by atoms with Crippen molar-refractivity contribution in [3.63, 3.8) is 0 Å². The summed E-state index contributed by atoms with van der Waals surface area (Å²) in [4.78, 5) is 30.0. The molecule has 0 spiro atoms. The molecule has 44 heavy (non-hydrogen) atoms. The van der Waals surface area contributed by atoms with Gasteiger partial charge in [-0.25, -0.2) is 8.42 Å². The lowest BCUT2D eigenvalue weighted by Crippen LogP contribution is -2.54. The number of sulfonamides is 1. The lowest BCUT2D eigenvalue weighted by molar-refractivity contribution is -0.140. The van der Waals surface area contributed by atoms with Crippen molar-refractivity contribution in [3.8, 4) is 11.5 Å². The summed E-state index contributed by atoms with van der Waals surface area (Å²) in [6.45, 7) is 3.95. The standard InChI is InChI=1S/C34H41N3O6S/c1-3-44(40,41)37(29-16-17-31-32(22-29)43-19-18-42-31)24-33(38)36(23-27-13-9-10-25(2)20-27)30(21-26-11-5-4-6-12-26)34(39)35-28-14-7-8-15-28/h4-6,9-13,16-17,20,22,28,30H,3,7-8,14-15,18-19,21,23-24H2,1-2H3,(H,35,39). The number of ether oxygens (including phenoxy) is 2. The zero-order chi connectivity index (χ0) is 31.1. The highest BCUT2D eigenvalue weighted by Gasteiger charge is 2.35. The number of rotatable bonds is 12. The second-order valence-electron chi connectivity index (χ2n) is 11.4. The zero-order valence-electron chi connectivity index (χ0n) is 25.4. The molecule has 10 heteroatoms. The summed E-state index contributed by atoms with van der Waals surface area (Å²) in [6, 6.07) is 21.5. The topological polar surface area (TPSA) is 105 Å². The van der Waals surface area contributed by atoms with Crippen LogP contribution < -0.4 is 19.1 Å². The molecule has 5 rings (SSSR count). The van der Waals surface area contributed by atoms with Gasteiger partial charge in [0.1, 0.15) is 25.8 Å². The Morgan fingerprint density at radius 2 is 1.61 bits per heavy atom. The molecule has 9 nitrogen and oxygen atoms in total. The Balaban J connectivity index is 1.52. The van der Waals surface area contributed by atoms with Gasteiger partial charge in [0, 0.05) is 25.1 Å². The second kappa shape index (κ2) is 14.2. The molecule has 0 radical (unpaired) electrons. The number of carbonyl (C=O) groups is 2. The van der Waals surface area contributed by atoms with Gasteiger partial charge in [-0.1, -0.05) is 73.0 Å². The highest BCUT2D eigenvalue weighted by atomic mass is 32.2. The maximum Gasteiger partial charge on any atom is 0.244 e. The van der Waals surface area contributed by atoms with Gasteiger partial charge in [0.2, 0.25) is 21.8 Å². The molecule has 0 saturated heterocycles. The summed E-state index contributed by atoms with van der Waals surface area (Å²) in [5, 5.41) is 3.20. The molecule has 1 atom stereocenters. The van der Waals surface area contributed by atoms with E-state index in [4.69, 9.17) is 9.47 Å². The fourth-order valence-electron chi connectivity index (χ4n) is 5.84. The van der Waals surface area contributed by atoms with Crippen LogP contribution in [0.5, 0.6) is 11.5 Å². The predicted molar refractivity (Wildman–Crippen MR) is 170 cm³/mol. The Labute approximate surface area is 260 Å². The highest BCUT2D eigenvalue weighted by Crippen LogP contribution is 2.35. The van der Waals surface area contributed by atoms with Crippen molar-refractivity contribution in [2.24, 2.45) is 0 Å². The van der Waals surface area contributed by atoms with Gasteiger partial charge in [-0.2, -0.15) is 0 Å². The van der Waals surface area contributed by atoms with Crippen LogP contribution in [0.2, 0.25) is 0 Å². The van der Waals surface area contributed by atoms with Gasteiger partial charge in [-0.15, -0.1) is 0 Å². The first-order chi connectivity index (χ1) is 21.2. The minimum Gasteiger partial charge on any atom is -0.486 e. The molecule has 0 aromatic heterocycles. The van der Waals surface area contributed by atoms with E-state index in [1.54, 1.807) is 30.0 Å². The van der Waals surface area contributed by atoms with E-state index in [0.717, 1.165) is 46.7 Å². The molecule has 1 unspecified atom stereocenters. The van der Waals surface area contributed by atoms with Crippen LogP contribution in [0, 0.1) is 6.92 Å². The quantitative estimate of drug-likeness (QED) is 0.317. The summed E-state index contributed by atoms with van der Waals surface area (Å²) >= 11 is 0. The first-order valence-corrected chi connectivity index (χ1v) is 16.9. The fourth-order valence-corrected chi connectivity index (χ4v) is 6.89. The van der Waals surface area contributed by atoms with Gasteiger partial charge in [0.05, 0.1) is 11.4 Å². The van der Waals surface area contributed by atoms with Gasteiger partial charge in [-0.3, -0.25) is 13.9 Å². The molecule has 1 aliphatic heterocycles. The number of nitrogens with one attached hydrogen (secondary N) is 1. The Bertz CT molecular complexity index is 1560. The lowest BCUT2D eigenvalue weighted by atomic mass is 10.0. The number of anilines is 1. The summed E-state index contributed by atoms with van der Waals surface area (Å²) in [5.41, 5.74) is 3.09. The number of amides is 2. The molecule has 1 N–H and O–H groups in total. The number of nitrogens with zero attached hydrogens (tertiary/aromatic N) is 2. The van der Waals surface area contributed by atoms with E-state index in [0.29, 0.717) is 36.8 Å². The van der Waals surface area contributed by atoms with Crippen molar-refractivity contribution >= 4 is 27.5 Å². The number of benzene rings is 3. The van der Waals surface area contributed by atoms with Crippen LogP contribution in [0.15, 0.2) is 72.8 Å². The summed E-state index contributed by atoms with van der Waals surface area (Å²) in [5.74, 6) is 0.0362. The highest BCUT2D eigenvalue weighted by molar-refractivity contribution is 7.92. The Kier molecular flexibility index (Phi) is 10.1. The van der Waals surface area contributed by atoms with E-state index in [2.05, 4.69) is 5.32 Å². The van der Waals surface area contributed by atoms with Crippen LogP contribution >= 0.6 is 0 Å². The third-order valence-electron chi connectivity index (χ3n) is 8.20. The van der Waals surface area contributed by atoms with E-state index in [1.165, 1.54) is 0 Å². The van der Waals surface area contributed by atoms with Gasteiger partial charge in [0.25, 0.3) is 0 Å². The second-order valence-corrected chi connectivity index (χ2v) is 13.6. The molecular formula is C34H41N3O6S. The lowest BCUT2D eigenvalue weighted by Gasteiger charge is -2.34. The van der Waals surface area contributed by atoms with Crippen molar-refractivity contribution in [2.45, 2.75) is 64.6 Å². The maximum atomic E-state index is 14.4. The average Bonchev–Trinajstić information content (AvgIpc) is 3.54. The molecule has 2 amide bonds. The third-order valence-corrected chi connectivity index (χ3v) is 9.94. The van der Waals surface area contributed by atoms with Crippen molar-refractivity contribution in [2.75, 3.05) is 29.8 Å². The monoisotopic (exact) mass is 619 g/mol. The predicted octanol–water partition coefficient (Wildman–Crippen LogP) is 4.62. The van der Waals surface area contributed by atoms with Crippen LogP contribution in [0.4, 0.5) is 5.69 Å². The molecule has 1 aliphatic carbocycles. The largest absolute Gasteiger partial charge is 0.486 e. The van der Waals surface area contributed by atoms with Crippen molar-refractivity contribution in [3.05, 3.63) is 89.5 Å². The SMILES string of the molecule is CCS(=O)(=O)N(CC(=O)N(Cc1cccc(C)c1)C(Cc1ccccc1)C(=O)NC1CCCC1)c1ccc2c(c1)OCCO2. The van der Waals surface area contributed by atoms with Crippen LogP contribution in [0.1, 0.15) is 49.3 Å². The van der Waals surface area contributed by atoms with Gasteiger partial charge in [-0.05, 0) is 49.9 Å².